The van der Waals surface area contributed by atoms with Crippen LogP contribution in [0.4, 0.5) is 0 Å². The molecule has 2 rings (SSSR count). The second kappa shape index (κ2) is 5.64. The standard InChI is InChI=1S/C12H19N3S/c1-9(2)14-8-10-5-6-13-12(15-10)11-4-3-7-16-11/h5-6,9,11,14H,3-4,7-8H2,1-2H3. The second-order valence-corrected chi connectivity index (χ2v) is 5.75. The van der Waals surface area contributed by atoms with E-state index >= 15 is 0 Å². The number of hydrogen-bond acceptors (Lipinski definition) is 4. The molecule has 3 nitrogen and oxygen atoms in total. The predicted molar refractivity (Wildman–Crippen MR) is 68.4 cm³/mol. The van der Waals surface area contributed by atoms with Gasteiger partial charge in [0.2, 0.25) is 0 Å². The summed E-state index contributed by atoms with van der Waals surface area (Å²) in [6.45, 7) is 5.13. The van der Waals surface area contributed by atoms with Gasteiger partial charge in [0.25, 0.3) is 0 Å². The average Bonchev–Trinajstić information content (AvgIpc) is 2.80. The molecule has 1 aromatic rings. The van der Waals surface area contributed by atoms with E-state index in [9.17, 15) is 0 Å². The Morgan fingerprint density at radius 2 is 2.44 bits per heavy atom. The number of aromatic nitrogens is 2. The summed E-state index contributed by atoms with van der Waals surface area (Å²) in [4.78, 5) is 9.02. The molecule has 1 aliphatic rings. The van der Waals surface area contributed by atoms with Crippen molar-refractivity contribution in [1.82, 2.24) is 15.3 Å². The maximum absolute atomic E-state index is 4.63. The lowest BCUT2D eigenvalue weighted by Crippen LogP contribution is -2.22. The van der Waals surface area contributed by atoms with Gasteiger partial charge >= 0.3 is 0 Å². The summed E-state index contributed by atoms with van der Waals surface area (Å²) in [7, 11) is 0. The van der Waals surface area contributed by atoms with Gasteiger partial charge in [-0.3, -0.25) is 0 Å². The predicted octanol–water partition coefficient (Wildman–Crippen LogP) is 2.54. The van der Waals surface area contributed by atoms with Crippen molar-refractivity contribution in [2.24, 2.45) is 0 Å². The van der Waals surface area contributed by atoms with Gasteiger partial charge in [0.1, 0.15) is 5.82 Å². The highest BCUT2D eigenvalue weighted by Crippen LogP contribution is 2.37. The maximum Gasteiger partial charge on any atom is 0.141 e. The van der Waals surface area contributed by atoms with Gasteiger partial charge in [0.05, 0.1) is 10.9 Å². The number of nitrogens with one attached hydrogen (secondary N) is 1. The Morgan fingerprint density at radius 1 is 1.56 bits per heavy atom. The van der Waals surface area contributed by atoms with Crippen LogP contribution >= 0.6 is 11.8 Å². The molecule has 1 unspecified atom stereocenters. The molecule has 1 saturated heterocycles. The molecule has 1 atom stereocenters. The molecular weight excluding hydrogens is 218 g/mol. The molecule has 1 fully saturated rings. The fraction of sp³-hybridized carbons (Fsp3) is 0.667. The number of hydrogen-bond donors (Lipinski definition) is 1. The van der Waals surface area contributed by atoms with E-state index in [1.165, 1.54) is 18.6 Å². The van der Waals surface area contributed by atoms with Gasteiger partial charge in [0, 0.05) is 18.8 Å². The van der Waals surface area contributed by atoms with Crippen LogP contribution in [0.2, 0.25) is 0 Å². The smallest absolute Gasteiger partial charge is 0.141 e. The summed E-state index contributed by atoms with van der Waals surface area (Å²) in [5.74, 6) is 2.27. The van der Waals surface area contributed by atoms with Crippen LogP contribution in [0.3, 0.4) is 0 Å². The van der Waals surface area contributed by atoms with Gasteiger partial charge < -0.3 is 5.32 Å². The normalized spacial score (nSPS) is 20.6. The van der Waals surface area contributed by atoms with E-state index in [4.69, 9.17) is 0 Å². The molecule has 4 heteroatoms. The molecule has 0 radical (unpaired) electrons. The molecule has 16 heavy (non-hydrogen) atoms. The minimum absolute atomic E-state index is 0.499. The zero-order chi connectivity index (χ0) is 11.4. The summed E-state index contributed by atoms with van der Waals surface area (Å²) in [5.41, 5.74) is 1.10. The summed E-state index contributed by atoms with van der Waals surface area (Å²) < 4.78 is 0. The Morgan fingerprint density at radius 3 is 3.12 bits per heavy atom. The van der Waals surface area contributed by atoms with Crippen LogP contribution in [-0.2, 0) is 6.54 Å². The third kappa shape index (κ3) is 3.19. The number of rotatable bonds is 4. The van der Waals surface area contributed by atoms with E-state index in [1.54, 1.807) is 0 Å². The van der Waals surface area contributed by atoms with Crippen molar-refractivity contribution in [3.63, 3.8) is 0 Å². The first-order chi connectivity index (χ1) is 7.75. The number of thioether (sulfide) groups is 1. The lowest BCUT2D eigenvalue weighted by molar-refractivity contribution is 0.578. The van der Waals surface area contributed by atoms with Crippen molar-refractivity contribution in [2.75, 3.05) is 5.75 Å². The lowest BCUT2D eigenvalue weighted by Gasteiger charge is -2.10. The molecule has 1 N–H and O–H groups in total. The maximum atomic E-state index is 4.63. The van der Waals surface area contributed by atoms with Crippen molar-refractivity contribution in [2.45, 2.75) is 44.5 Å². The fourth-order valence-corrected chi connectivity index (χ4v) is 2.97. The molecular formula is C12H19N3S. The van der Waals surface area contributed by atoms with Gasteiger partial charge in [-0.1, -0.05) is 13.8 Å². The quantitative estimate of drug-likeness (QED) is 0.873. The van der Waals surface area contributed by atoms with Crippen LogP contribution in [0.25, 0.3) is 0 Å². The molecule has 0 bridgehead atoms. The van der Waals surface area contributed by atoms with E-state index in [-0.39, 0.29) is 0 Å². The first kappa shape index (κ1) is 11.9. The van der Waals surface area contributed by atoms with Crippen LogP contribution < -0.4 is 5.32 Å². The fourth-order valence-electron chi connectivity index (χ4n) is 1.76. The summed E-state index contributed by atoms with van der Waals surface area (Å²) in [5, 5.41) is 3.91. The Labute approximate surface area is 101 Å². The van der Waals surface area contributed by atoms with E-state index in [0.29, 0.717) is 11.3 Å². The van der Waals surface area contributed by atoms with Crippen molar-refractivity contribution in [1.29, 1.82) is 0 Å². The minimum atomic E-state index is 0.499. The molecule has 1 aliphatic heterocycles. The highest BCUT2D eigenvalue weighted by molar-refractivity contribution is 7.99. The van der Waals surface area contributed by atoms with Crippen molar-refractivity contribution < 1.29 is 0 Å². The van der Waals surface area contributed by atoms with Crippen molar-refractivity contribution in [3.8, 4) is 0 Å². The van der Waals surface area contributed by atoms with E-state index < -0.39 is 0 Å². The van der Waals surface area contributed by atoms with Crippen LogP contribution in [0.1, 0.15) is 43.5 Å². The first-order valence-corrected chi connectivity index (χ1v) is 6.97. The van der Waals surface area contributed by atoms with E-state index in [2.05, 4.69) is 29.1 Å². The van der Waals surface area contributed by atoms with Crippen molar-refractivity contribution in [3.05, 3.63) is 23.8 Å². The van der Waals surface area contributed by atoms with Gasteiger partial charge in [-0.15, -0.1) is 0 Å². The molecule has 88 valence electrons. The second-order valence-electron chi connectivity index (χ2n) is 4.44. The zero-order valence-electron chi connectivity index (χ0n) is 9.94. The van der Waals surface area contributed by atoms with Gasteiger partial charge in [-0.25, -0.2) is 9.97 Å². The Bertz CT molecular complexity index is 335. The third-order valence-corrected chi connectivity index (χ3v) is 4.01. The van der Waals surface area contributed by atoms with Crippen LogP contribution in [0, 0.1) is 0 Å². The first-order valence-electron chi connectivity index (χ1n) is 5.92. The Balaban J connectivity index is 2.01. The van der Waals surface area contributed by atoms with Crippen molar-refractivity contribution >= 4 is 11.8 Å². The molecule has 0 aliphatic carbocycles. The Hall–Kier alpha value is -0.610. The molecule has 0 spiro atoms. The molecule has 1 aromatic heterocycles. The molecule has 2 heterocycles. The van der Waals surface area contributed by atoms with Gasteiger partial charge in [0.15, 0.2) is 0 Å². The summed E-state index contributed by atoms with van der Waals surface area (Å²) in [6.07, 6.45) is 4.41. The van der Waals surface area contributed by atoms with Crippen LogP contribution in [-0.4, -0.2) is 21.8 Å². The summed E-state index contributed by atoms with van der Waals surface area (Å²) in [6, 6.07) is 2.50. The van der Waals surface area contributed by atoms with Gasteiger partial charge in [-0.2, -0.15) is 11.8 Å². The molecule has 0 aromatic carbocycles. The minimum Gasteiger partial charge on any atom is -0.309 e. The third-order valence-electron chi connectivity index (χ3n) is 2.64. The van der Waals surface area contributed by atoms with Crippen LogP contribution in [0.15, 0.2) is 12.3 Å². The zero-order valence-corrected chi connectivity index (χ0v) is 10.8. The highest BCUT2D eigenvalue weighted by atomic mass is 32.2. The van der Waals surface area contributed by atoms with E-state index in [1.807, 2.05) is 24.0 Å². The lowest BCUT2D eigenvalue weighted by atomic mass is 10.2. The largest absolute Gasteiger partial charge is 0.309 e. The monoisotopic (exact) mass is 237 g/mol. The van der Waals surface area contributed by atoms with Crippen LogP contribution in [0.5, 0.6) is 0 Å². The Kier molecular flexibility index (Phi) is 4.18. The number of nitrogens with zero attached hydrogens (tertiary/aromatic N) is 2. The highest BCUT2D eigenvalue weighted by Gasteiger charge is 2.20. The average molecular weight is 237 g/mol. The van der Waals surface area contributed by atoms with Gasteiger partial charge in [-0.05, 0) is 24.7 Å². The SMILES string of the molecule is CC(C)NCc1ccnc(C2CCCS2)n1. The molecule has 0 saturated carbocycles. The van der Waals surface area contributed by atoms with E-state index in [0.717, 1.165) is 18.1 Å². The summed E-state index contributed by atoms with van der Waals surface area (Å²) >= 11 is 1.98. The topological polar surface area (TPSA) is 37.8 Å². The molecule has 0 amide bonds.